The summed E-state index contributed by atoms with van der Waals surface area (Å²) in [4.78, 5) is 16.5. The number of methoxy groups -OCH3 is 1. The summed E-state index contributed by atoms with van der Waals surface area (Å²) in [6.45, 7) is 8.68. The predicted octanol–water partition coefficient (Wildman–Crippen LogP) is 2.26. The summed E-state index contributed by atoms with van der Waals surface area (Å²) in [5.74, 6) is 0.571. The van der Waals surface area contributed by atoms with Gasteiger partial charge in [0.05, 0.1) is 13.7 Å². The van der Waals surface area contributed by atoms with Gasteiger partial charge in [0.2, 0.25) is 5.91 Å². The molecule has 1 aliphatic rings. The van der Waals surface area contributed by atoms with E-state index in [1.165, 1.54) is 12.1 Å². The van der Waals surface area contributed by atoms with Gasteiger partial charge in [0, 0.05) is 44.3 Å². The van der Waals surface area contributed by atoms with Gasteiger partial charge in [0.15, 0.2) is 0 Å². The van der Waals surface area contributed by atoms with E-state index in [0.29, 0.717) is 18.8 Å². The molecule has 5 nitrogen and oxygen atoms in total. The molecule has 6 heteroatoms. The first-order chi connectivity index (χ1) is 12.0. The molecule has 0 spiro atoms. The fourth-order valence-electron chi connectivity index (χ4n) is 3.25. The van der Waals surface area contributed by atoms with Crippen molar-refractivity contribution >= 4 is 5.91 Å². The number of carbonyl (C=O) groups is 1. The lowest BCUT2D eigenvalue weighted by molar-refractivity contribution is -0.123. The van der Waals surface area contributed by atoms with Crippen molar-refractivity contribution in [2.75, 3.05) is 39.8 Å². The van der Waals surface area contributed by atoms with Crippen molar-refractivity contribution in [3.63, 3.8) is 0 Å². The van der Waals surface area contributed by atoms with Crippen molar-refractivity contribution in [3.05, 3.63) is 29.6 Å². The minimum absolute atomic E-state index is 0.0983. The van der Waals surface area contributed by atoms with Crippen molar-refractivity contribution in [1.82, 2.24) is 15.1 Å². The second kappa shape index (κ2) is 9.73. The van der Waals surface area contributed by atoms with Gasteiger partial charge in [0.1, 0.15) is 11.6 Å². The molecule has 140 valence electrons. The van der Waals surface area contributed by atoms with Crippen LogP contribution in [0, 0.1) is 5.82 Å². The molecule has 0 aromatic heterocycles. The van der Waals surface area contributed by atoms with E-state index in [-0.39, 0.29) is 17.8 Å². The zero-order valence-corrected chi connectivity index (χ0v) is 15.6. The van der Waals surface area contributed by atoms with Gasteiger partial charge < -0.3 is 10.1 Å². The van der Waals surface area contributed by atoms with E-state index in [2.05, 4.69) is 22.0 Å². The summed E-state index contributed by atoms with van der Waals surface area (Å²) < 4.78 is 18.8. The maximum Gasteiger partial charge on any atom is 0.234 e. The van der Waals surface area contributed by atoms with Crippen LogP contribution >= 0.6 is 0 Å². The normalized spacial score (nSPS) is 17.3. The summed E-state index contributed by atoms with van der Waals surface area (Å²) in [6.07, 6.45) is 2.08. The first kappa shape index (κ1) is 19.7. The van der Waals surface area contributed by atoms with Crippen molar-refractivity contribution in [2.45, 2.75) is 39.3 Å². The number of hydrogen-bond donors (Lipinski definition) is 1. The number of benzene rings is 1. The Balaban J connectivity index is 1.78. The summed E-state index contributed by atoms with van der Waals surface area (Å²) in [7, 11) is 1.60. The Morgan fingerprint density at radius 2 is 1.96 bits per heavy atom. The highest BCUT2D eigenvalue weighted by Gasteiger charge is 2.20. The zero-order valence-electron chi connectivity index (χ0n) is 15.6. The zero-order chi connectivity index (χ0) is 18.2. The standard InChI is InChI=1S/C19H30FN3O2/c1-4-5-15(2)21-19(24)14-23-10-8-22(9-11-23)13-16-12-17(20)6-7-18(16)25-3/h6-7,12,15H,4-5,8-11,13-14H2,1-3H3,(H,21,24)/t15-/m0/s1. The largest absolute Gasteiger partial charge is 0.496 e. The molecule has 25 heavy (non-hydrogen) atoms. The number of hydrogen-bond acceptors (Lipinski definition) is 4. The molecule has 1 aromatic rings. The van der Waals surface area contributed by atoms with Crippen molar-refractivity contribution in [1.29, 1.82) is 0 Å². The molecule has 0 saturated carbocycles. The van der Waals surface area contributed by atoms with Gasteiger partial charge in [-0.05, 0) is 31.5 Å². The quantitative estimate of drug-likeness (QED) is 0.780. The highest BCUT2D eigenvalue weighted by Crippen LogP contribution is 2.21. The molecule has 1 heterocycles. The topological polar surface area (TPSA) is 44.8 Å². The molecule has 0 bridgehead atoms. The van der Waals surface area contributed by atoms with Crippen LogP contribution in [0.1, 0.15) is 32.3 Å². The Morgan fingerprint density at radius 1 is 1.28 bits per heavy atom. The van der Waals surface area contributed by atoms with Crippen molar-refractivity contribution < 1.29 is 13.9 Å². The van der Waals surface area contributed by atoms with E-state index in [1.807, 2.05) is 6.92 Å². The fraction of sp³-hybridized carbons (Fsp3) is 0.632. The molecule has 2 rings (SSSR count). The Bertz CT molecular complexity index is 560. The number of nitrogens with one attached hydrogen (secondary N) is 1. The lowest BCUT2D eigenvalue weighted by Crippen LogP contribution is -2.49. The van der Waals surface area contributed by atoms with Crippen LogP contribution in [0.15, 0.2) is 18.2 Å². The highest BCUT2D eigenvalue weighted by molar-refractivity contribution is 5.78. The molecule has 1 amide bonds. The fourth-order valence-corrected chi connectivity index (χ4v) is 3.25. The monoisotopic (exact) mass is 351 g/mol. The van der Waals surface area contributed by atoms with Crippen molar-refractivity contribution in [2.24, 2.45) is 0 Å². The molecule has 0 radical (unpaired) electrons. The number of nitrogens with zero attached hydrogens (tertiary/aromatic N) is 2. The molecular weight excluding hydrogens is 321 g/mol. The maximum absolute atomic E-state index is 13.5. The van der Waals surface area contributed by atoms with Gasteiger partial charge in [-0.2, -0.15) is 0 Å². The lowest BCUT2D eigenvalue weighted by atomic mass is 10.1. The SMILES string of the molecule is CCC[C@H](C)NC(=O)CN1CCN(Cc2cc(F)ccc2OC)CC1. The van der Waals surface area contributed by atoms with Gasteiger partial charge in [-0.25, -0.2) is 4.39 Å². The van der Waals surface area contributed by atoms with E-state index >= 15 is 0 Å². The molecule has 1 aromatic carbocycles. The van der Waals surface area contributed by atoms with Crippen LogP contribution in [-0.2, 0) is 11.3 Å². The van der Waals surface area contributed by atoms with E-state index in [1.54, 1.807) is 13.2 Å². The third kappa shape index (κ3) is 6.29. The summed E-state index contributed by atoms with van der Waals surface area (Å²) >= 11 is 0. The van der Waals surface area contributed by atoms with E-state index in [0.717, 1.165) is 44.6 Å². The molecule has 0 unspecified atom stereocenters. The van der Waals surface area contributed by atoms with Crippen LogP contribution < -0.4 is 10.1 Å². The number of piperazine rings is 1. The number of amides is 1. The van der Waals surface area contributed by atoms with Gasteiger partial charge in [-0.1, -0.05) is 13.3 Å². The first-order valence-corrected chi connectivity index (χ1v) is 9.08. The average molecular weight is 351 g/mol. The minimum atomic E-state index is -0.243. The van der Waals surface area contributed by atoms with Crippen molar-refractivity contribution in [3.8, 4) is 5.75 Å². The number of carbonyl (C=O) groups excluding carboxylic acids is 1. The van der Waals surface area contributed by atoms with Crippen LogP contribution in [0.25, 0.3) is 0 Å². The van der Waals surface area contributed by atoms with Gasteiger partial charge >= 0.3 is 0 Å². The molecule has 1 fully saturated rings. The van der Waals surface area contributed by atoms with Gasteiger partial charge in [-0.15, -0.1) is 0 Å². The summed E-state index contributed by atoms with van der Waals surface area (Å²) in [6, 6.07) is 4.86. The smallest absolute Gasteiger partial charge is 0.234 e. The Morgan fingerprint density at radius 3 is 2.60 bits per heavy atom. The Labute approximate surface area is 150 Å². The molecule has 1 atom stereocenters. The summed E-state index contributed by atoms with van der Waals surface area (Å²) in [5.41, 5.74) is 0.863. The van der Waals surface area contributed by atoms with Crippen LogP contribution in [0.5, 0.6) is 5.75 Å². The Kier molecular flexibility index (Phi) is 7.65. The number of ether oxygens (including phenoxy) is 1. The van der Waals surface area contributed by atoms with Gasteiger partial charge in [0.25, 0.3) is 0 Å². The van der Waals surface area contributed by atoms with Gasteiger partial charge in [-0.3, -0.25) is 14.6 Å². The average Bonchev–Trinajstić information content (AvgIpc) is 2.57. The number of rotatable bonds is 8. The minimum Gasteiger partial charge on any atom is -0.496 e. The molecule has 1 saturated heterocycles. The van der Waals surface area contributed by atoms with Crippen LogP contribution in [-0.4, -0.2) is 61.6 Å². The van der Waals surface area contributed by atoms with E-state index in [4.69, 9.17) is 4.74 Å². The highest BCUT2D eigenvalue weighted by atomic mass is 19.1. The molecule has 1 N–H and O–H groups in total. The Hall–Kier alpha value is -1.66. The summed E-state index contributed by atoms with van der Waals surface area (Å²) in [5, 5.41) is 3.05. The van der Waals surface area contributed by atoms with E-state index < -0.39 is 0 Å². The van der Waals surface area contributed by atoms with Crippen LogP contribution in [0.3, 0.4) is 0 Å². The first-order valence-electron chi connectivity index (χ1n) is 9.08. The third-order valence-corrected chi connectivity index (χ3v) is 4.60. The predicted molar refractivity (Wildman–Crippen MR) is 97.2 cm³/mol. The number of halogens is 1. The lowest BCUT2D eigenvalue weighted by Gasteiger charge is -2.34. The molecule has 1 aliphatic heterocycles. The molecule has 0 aliphatic carbocycles. The second-order valence-electron chi connectivity index (χ2n) is 6.77. The third-order valence-electron chi connectivity index (χ3n) is 4.60. The second-order valence-corrected chi connectivity index (χ2v) is 6.77. The van der Waals surface area contributed by atoms with Crippen LogP contribution in [0.4, 0.5) is 4.39 Å². The van der Waals surface area contributed by atoms with E-state index in [9.17, 15) is 9.18 Å². The van der Waals surface area contributed by atoms with Crippen LogP contribution in [0.2, 0.25) is 0 Å². The maximum atomic E-state index is 13.5. The molecular formula is C19H30FN3O2.